The summed E-state index contributed by atoms with van der Waals surface area (Å²) in [7, 11) is 8.89. The number of cyclic esters (lactones) is 6. The number of hydrogen-bond acceptors (Lipinski definition) is 18. The molecule has 6 aliphatic rings. The van der Waals surface area contributed by atoms with Crippen LogP contribution in [0.4, 0.5) is 28.8 Å². The highest BCUT2D eigenvalue weighted by atomic mass is 16.6. The van der Waals surface area contributed by atoms with Crippen molar-refractivity contribution in [3.63, 3.8) is 0 Å². The number of rotatable bonds is 30. The molecule has 0 aliphatic carbocycles. The summed E-state index contributed by atoms with van der Waals surface area (Å²) in [5.74, 6) is 0. The van der Waals surface area contributed by atoms with E-state index in [2.05, 4.69) is 45.1 Å². The number of amides is 6. The molecule has 6 aliphatic heterocycles. The van der Waals surface area contributed by atoms with E-state index in [9.17, 15) is 28.8 Å². The molecule has 18 rings (SSSR count). The van der Waals surface area contributed by atoms with Crippen LogP contribution in [0.3, 0.4) is 0 Å². The molecule has 0 radical (unpaired) electrons. The number of nitrogens with one attached hydrogen (secondary N) is 12. The van der Waals surface area contributed by atoms with Crippen LogP contribution >= 0.6 is 0 Å². The molecule has 30 heteroatoms. The normalized spacial score (nSPS) is 27.4. The van der Waals surface area contributed by atoms with Gasteiger partial charge in [-0.25, -0.2) is 28.8 Å². The summed E-state index contributed by atoms with van der Waals surface area (Å²) in [4.78, 5) is 82.9. The second kappa shape index (κ2) is 43.7. The number of carbonyl (C=O) groups excluding carboxylic acids is 6. The van der Waals surface area contributed by atoms with Crippen LogP contribution < -0.4 is 31.9 Å². The van der Waals surface area contributed by atoms with E-state index in [1.807, 2.05) is 19.0 Å². The van der Waals surface area contributed by atoms with E-state index < -0.39 is 331 Å². The molecule has 30 nitrogen and oxygen atoms in total. The van der Waals surface area contributed by atoms with Gasteiger partial charge >= 0.3 is 36.6 Å². The Morgan fingerprint density at radius 3 is 0.937 bits per heavy atom. The van der Waals surface area contributed by atoms with Crippen molar-refractivity contribution < 1.29 is 140 Å². The maximum Gasteiger partial charge on any atom is 0.407 e. The third-order valence-corrected chi connectivity index (χ3v) is 18.3. The molecule has 126 heavy (non-hydrogen) atoms. The molecule has 0 unspecified atom stereocenters. The SMILES string of the molecule is [2H]c1[nH]c2ccc(C([2H])([2H])[C@H]3COC(=O)N3)cc2c1CCN(C([2H])([2H])[2H])C([2H])([2H])[2H].[2H]c1[nH]c2ccc(C([2H])([2H])[C@H]3COC(=O)N3)cc2c1CCN(C)C.[2H]c1[nH]c2ccc(C([2H])([2H])[C@H]3COC(=O)N3)cc2c1CCN(C)C([2H])([2H])[2H].[2H]c1c(C([2H])([2H])[C@H]2COC(=O)N2[2H])c([2H])c2c(C([2H])([2H])C([2H])([2H])N(C([2H])([2H])[2H])C([2H])([2H])[2H])cn([2H])c2c1[2H].[2H]c1c(C([2H])([2H])[C@H]2COC(=O)N2[2H])c([2H])c2c(C([2H])([2H])C([2H])([2H])N(C)C([2H])([2H])[2H])cn([2H])c2c1[2H].[2H]c1c(C([2H])([2H])[C@H]2COC(=O)N2[2H])c([2H])c2c(C([2H])([2H])C([2H])([2H])N(C)C)cn([2H])c2c1[2H]. The number of likely N-dealkylation sites (N-methyl/N-ethyl adjacent to an activating group) is 6. The lowest BCUT2D eigenvalue weighted by molar-refractivity contribution is 0.176. The molecular weight excluding hydrogens is 1600 g/mol. The molecule has 6 amide bonds. The van der Waals surface area contributed by atoms with Gasteiger partial charge in [-0.15, -0.1) is 0 Å². The zero-order valence-corrected chi connectivity index (χ0v) is 68.1. The van der Waals surface area contributed by atoms with Crippen LogP contribution in [-0.4, -0.2) is 295 Å². The first-order chi connectivity index (χ1) is 84.6. The minimum absolute atomic E-state index is 0.00347. The summed E-state index contributed by atoms with van der Waals surface area (Å²) in [5, 5.41) is 8.25. The fraction of sp³-hybridized carbons (Fsp3) is 0.438. The standard InChI is InChI=1S/6C16H21N3O2/c6*1-19(2)6-5-12-9-17-15-4-3-11(8-14(12)15)7-13-10-21-16(20)18-13/h6*3-4,8-9,13,17H,5-7,10H2,1-2H3,(H,18,20)/t6*13-/m000000/s1/i1D3,2D3,3D,4D,5D2,6D2,7D2,8D;1D3,3D,4D,5D2,6D2,7D2,8D;3D,4D,5D2,6D2,7D2,8D;1D3,2D3,7D2,9D;1D3,7D2,9D;7D2,9D/hD6. The Morgan fingerprint density at radius 2 is 0.635 bits per heavy atom. The van der Waals surface area contributed by atoms with E-state index in [4.69, 9.17) is 96.7 Å². The number of fused-ring (bicyclic) bond motifs is 6. The fourth-order valence-electron chi connectivity index (χ4n) is 12.4. The Bertz CT molecular complexity index is 8650. The maximum absolute atomic E-state index is 11.6. The lowest BCUT2D eigenvalue weighted by atomic mass is 10.0. The highest BCUT2D eigenvalue weighted by molar-refractivity contribution is 5.88. The monoisotopic (exact) mass is 1780 g/mol. The average molecular weight is 1780 g/mol. The van der Waals surface area contributed by atoms with E-state index in [0.29, 0.717) is 89.1 Å². The van der Waals surface area contributed by atoms with Gasteiger partial charge in [0.15, 0.2) is 8.47 Å². The average Bonchev–Trinajstić information content (AvgIpc) is 1.52. The number of aromatic amines is 6. The largest absolute Gasteiger partial charge is 0.447 e. The predicted molar refractivity (Wildman–Crippen MR) is 495 cm³/mol. The van der Waals surface area contributed by atoms with Gasteiger partial charge in [0.1, 0.15) is 39.6 Å². The smallest absolute Gasteiger partial charge is 0.407 e. The minimum Gasteiger partial charge on any atom is -0.447 e. The van der Waals surface area contributed by atoms with Crippen LogP contribution in [0.1, 0.15) is 141 Å². The molecule has 6 fully saturated rings. The summed E-state index contributed by atoms with van der Waals surface area (Å²) in [6, 6.07) is 0.123. The lowest BCUT2D eigenvalue weighted by Crippen LogP contribution is -2.28. The first-order valence-electron chi connectivity index (χ1n) is 68.1. The number of nitrogens with zero attached hydrogens (tertiary/aromatic N) is 6. The molecule has 12 aromatic rings. The summed E-state index contributed by atoms with van der Waals surface area (Å²) >= 11 is 0. The van der Waals surface area contributed by atoms with Crippen LogP contribution in [0.2, 0.25) is 8.47 Å². The van der Waals surface area contributed by atoms with Crippen LogP contribution in [0.25, 0.3) is 65.4 Å². The van der Waals surface area contributed by atoms with Gasteiger partial charge in [0.05, 0.1) is 52.7 Å². The zero-order chi connectivity index (χ0) is 141. The van der Waals surface area contributed by atoms with Crippen molar-refractivity contribution in [2.75, 3.05) is 163 Å². The number of aromatic nitrogens is 6. The Kier molecular flexibility index (Phi) is 14.6. The first kappa shape index (κ1) is 42.0. The Morgan fingerprint density at radius 1 is 0.333 bits per heavy atom. The highest BCUT2D eigenvalue weighted by Gasteiger charge is 2.29. The molecule has 6 saturated heterocycles. The van der Waals surface area contributed by atoms with Crippen molar-refractivity contribution in [2.45, 2.75) is 113 Å². The van der Waals surface area contributed by atoms with Gasteiger partial charge in [-0.05, 0) is 300 Å². The Balaban J connectivity index is 0.000000182. The van der Waals surface area contributed by atoms with Gasteiger partial charge < -0.3 is 120 Å². The minimum atomic E-state index is -3.85. The number of aryl methyl sites for hydroxylation is 3. The number of ether oxygens (including phenoxy) is 6. The summed E-state index contributed by atoms with van der Waals surface area (Å²) < 4.78 is 512. The summed E-state index contributed by atoms with van der Waals surface area (Å²) in [6.07, 6.45) is -25.3. The van der Waals surface area contributed by atoms with Crippen LogP contribution in [0, 0.1) is 0 Å². The summed E-state index contributed by atoms with van der Waals surface area (Å²) in [5.41, 5.74) is -0.973. The second-order valence-corrected chi connectivity index (χ2v) is 28.4. The van der Waals surface area contributed by atoms with Gasteiger partial charge in [0.25, 0.3) is 0 Å². The predicted octanol–water partition coefficient (Wildman–Crippen LogP) is 11.5. The van der Waals surface area contributed by atoms with Gasteiger partial charge in [-0.1, -0.05) is 36.3 Å². The molecule has 12 N–H and O–H groups in total. The molecule has 12 heterocycles. The quantitative estimate of drug-likeness (QED) is 0.0186. The molecule has 6 aromatic carbocycles. The number of hydrogen-bond donors (Lipinski definition) is 12. The highest BCUT2D eigenvalue weighted by Crippen LogP contribution is 2.29. The van der Waals surface area contributed by atoms with Crippen LogP contribution in [0.15, 0.2) is 146 Å². The van der Waals surface area contributed by atoms with Crippen LogP contribution in [-0.2, 0) is 105 Å². The molecule has 0 saturated carbocycles. The fourth-order valence-corrected chi connectivity index (χ4v) is 12.4. The third kappa shape index (κ3) is 26.5. The lowest BCUT2D eigenvalue weighted by Gasteiger charge is -2.09. The molecule has 672 valence electrons. The third-order valence-electron chi connectivity index (χ3n) is 18.3. The molecule has 6 atom stereocenters. The Labute approximate surface area is 821 Å². The first-order valence-corrected chi connectivity index (χ1v) is 38.4. The van der Waals surface area contributed by atoms with Crippen molar-refractivity contribution in [1.82, 2.24) is 91.2 Å². The van der Waals surface area contributed by atoms with Crippen molar-refractivity contribution in [2.24, 2.45) is 0 Å². The topological polar surface area (TPSA) is 344 Å². The molecular formula is C96H126N18O12. The van der Waals surface area contributed by atoms with Crippen molar-refractivity contribution in [1.29, 1.82) is 0 Å². The van der Waals surface area contributed by atoms with Gasteiger partial charge in [-0.3, -0.25) is 0 Å². The molecule has 6 aromatic heterocycles. The zero-order valence-electron chi connectivity index (χ0n) is 128. The van der Waals surface area contributed by atoms with E-state index in [-0.39, 0.29) is 83.6 Å². The number of H-pyrrole nitrogens is 6. The van der Waals surface area contributed by atoms with E-state index >= 15 is 0 Å². The molecule has 0 spiro atoms. The van der Waals surface area contributed by atoms with E-state index in [1.165, 1.54) is 38.2 Å². The van der Waals surface area contributed by atoms with Gasteiger partial charge in [0.2, 0.25) is 0 Å². The van der Waals surface area contributed by atoms with Gasteiger partial charge in [0, 0.05) is 199 Å². The maximum atomic E-state index is 11.6. The summed E-state index contributed by atoms with van der Waals surface area (Å²) in [6.45, 7) is -29.3. The second-order valence-electron chi connectivity index (χ2n) is 28.4. The number of benzene rings is 6. The van der Waals surface area contributed by atoms with Crippen molar-refractivity contribution >= 4 is 102 Å². The van der Waals surface area contributed by atoms with E-state index in [1.54, 1.807) is 42.5 Å². The van der Waals surface area contributed by atoms with E-state index in [0.717, 1.165) is 47.4 Å². The number of alkyl carbamates (subject to hydrolysis) is 6. The Hall–Kier alpha value is -12.1. The molecule has 0 bridgehead atoms. The number of carbonyl (C=O) groups is 6. The van der Waals surface area contributed by atoms with Crippen LogP contribution in [0.5, 0.6) is 0 Å². The van der Waals surface area contributed by atoms with Crippen molar-refractivity contribution in [3.05, 3.63) is 213 Å². The van der Waals surface area contributed by atoms with Gasteiger partial charge in [-0.2, -0.15) is 0 Å². The van der Waals surface area contributed by atoms with Crippen molar-refractivity contribution in [3.8, 4) is 0 Å².